The van der Waals surface area contributed by atoms with Gasteiger partial charge in [0, 0.05) is 24.9 Å². The first-order valence-corrected chi connectivity index (χ1v) is 9.88. The largest absolute Gasteiger partial charge is 0.379 e. The van der Waals surface area contributed by atoms with E-state index in [0.29, 0.717) is 13.2 Å². The lowest BCUT2D eigenvalue weighted by atomic mass is 10.1. The summed E-state index contributed by atoms with van der Waals surface area (Å²) >= 11 is 0. The number of anilines is 1. The summed E-state index contributed by atoms with van der Waals surface area (Å²) in [6.45, 7) is 6.95. The van der Waals surface area contributed by atoms with Crippen molar-refractivity contribution in [2.24, 2.45) is 11.0 Å². The van der Waals surface area contributed by atoms with Gasteiger partial charge in [0.25, 0.3) is 5.69 Å². The fourth-order valence-corrected chi connectivity index (χ4v) is 3.84. The highest BCUT2D eigenvalue weighted by molar-refractivity contribution is 7.89. The molecule has 1 heterocycles. The van der Waals surface area contributed by atoms with Gasteiger partial charge in [0.1, 0.15) is 5.69 Å². The molecule has 1 aliphatic heterocycles. The first kappa shape index (κ1) is 20.3. The molecule has 0 aromatic heterocycles. The van der Waals surface area contributed by atoms with E-state index >= 15 is 0 Å². The fraction of sp³-hybridized carbons (Fsp3) is 0.562. The van der Waals surface area contributed by atoms with Crippen LogP contribution in [-0.2, 0) is 14.8 Å². The predicted molar refractivity (Wildman–Crippen MR) is 98.9 cm³/mol. The molecule has 0 radical (unpaired) electrons. The maximum atomic E-state index is 12.7. The highest BCUT2D eigenvalue weighted by Crippen LogP contribution is 2.29. The summed E-state index contributed by atoms with van der Waals surface area (Å²) in [5.74, 6) is 0.238. The Balaban J connectivity index is 2.32. The summed E-state index contributed by atoms with van der Waals surface area (Å²) in [6.07, 6.45) is 0.899. The molecular weight excluding hydrogens is 360 g/mol. The van der Waals surface area contributed by atoms with Crippen molar-refractivity contribution in [2.75, 3.05) is 31.7 Å². The fourth-order valence-electron chi connectivity index (χ4n) is 2.41. The van der Waals surface area contributed by atoms with Crippen LogP contribution in [-0.4, -0.2) is 49.7 Å². The Kier molecular flexibility index (Phi) is 6.68. The minimum atomic E-state index is -3.80. The van der Waals surface area contributed by atoms with Crippen molar-refractivity contribution in [2.45, 2.75) is 32.1 Å². The molecule has 1 aromatic carbocycles. The molecule has 0 amide bonds. The molecule has 9 nitrogen and oxygen atoms in total. The van der Waals surface area contributed by atoms with Gasteiger partial charge in [-0.3, -0.25) is 15.5 Å². The van der Waals surface area contributed by atoms with E-state index in [1.165, 1.54) is 16.4 Å². The molecule has 0 unspecified atom stereocenters. The van der Waals surface area contributed by atoms with Gasteiger partial charge in [-0.25, -0.2) is 8.42 Å². The zero-order chi connectivity index (χ0) is 19.3. The number of nitrogens with one attached hydrogen (secondary N) is 1. The number of hydrogen-bond donors (Lipinski definition) is 1. The third-order valence-electron chi connectivity index (χ3n) is 4.45. The maximum absolute atomic E-state index is 12.7. The van der Waals surface area contributed by atoms with Crippen molar-refractivity contribution in [1.29, 1.82) is 0 Å². The Hall–Kier alpha value is -2.04. The molecule has 1 N–H and O–H groups in total. The lowest BCUT2D eigenvalue weighted by Gasteiger charge is -2.26. The molecule has 0 bridgehead atoms. The number of hydrogen-bond acceptors (Lipinski definition) is 7. The number of benzene rings is 1. The van der Waals surface area contributed by atoms with Gasteiger partial charge >= 0.3 is 0 Å². The van der Waals surface area contributed by atoms with E-state index in [-0.39, 0.29) is 35.3 Å². The summed E-state index contributed by atoms with van der Waals surface area (Å²) in [6, 6.07) is 3.80. The summed E-state index contributed by atoms with van der Waals surface area (Å²) in [7, 11) is -3.80. The Morgan fingerprint density at radius 1 is 1.42 bits per heavy atom. The number of sulfonamides is 1. The molecule has 1 saturated heterocycles. The molecule has 1 aromatic rings. The molecule has 1 fully saturated rings. The second-order valence-electron chi connectivity index (χ2n) is 6.13. The van der Waals surface area contributed by atoms with Gasteiger partial charge in [-0.15, -0.1) is 0 Å². The van der Waals surface area contributed by atoms with Crippen LogP contribution >= 0.6 is 0 Å². The third kappa shape index (κ3) is 4.57. The Bertz CT molecular complexity index is 788. The van der Waals surface area contributed by atoms with E-state index in [2.05, 4.69) is 10.5 Å². The van der Waals surface area contributed by atoms with Crippen molar-refractivity contribution < 1.29 is 18.1 Å². The van der Waals surface area contributed by atoms with E-state index in [4.69, 9.17) is 4.74 Å². The molecule has 0 aliphatic carbocycles. The maximum Gasteiger partial charge on any atom is 0.295 e. The lowest BCUT2D eigenvalue weighted by molar-refractivity contribution is -0.384. The van der Waals surface area contributed by atoms with Crippen LogP contribution in [0.15, 0.2) is 28.2 Å². The number of hydrazone groups is 1. The van der Waals surface area contributed by atoms with E-state index in [1.54, 1.807) is 0 Å². The SMILES string of the molecule is CC[C@@H](C)/C(C)=N\Nc1ccc(S(=O)(=O)N2CCOCC2)cc1[N+](=O)[O-]. The summed E-state index contributed by atoms with van der Waals surface area (Å²) < 4.78 is 31.8. The molecule has 1 atom stereocenters. The standard InChI is InChI=1S/C16H24N4O5S/c1-4-12(2)13(3)17-18-15-6-5-14(11-16(15)20(21)22)26(23,24)19-7-9-25-10-8-19/h5-6,11-12,18H,4,7-10H2,1-3H3/b17-13-/t12-/m1/s1. The van der Waals surface area contributed by atoms with Crippen LogP contribution in [0.4, 0.5) is 11.4 Å². The molecule has 0 spiro atoms. The van der Waals surface area contributed by atoms with Crippen LogP contribution in [0.2, 0.25) is 0 Å². The number of morpholine rings is 1. The van der Waals surface area contributed by atoms with Crippen molar-refractivity contribution in [1.82, 2.24) is 4.31 Å². The second kappa shape index (κ2) is 8.56. The minimum absolute atomic E-state index is 0.112. The molecule has 1 aliphatic rings. The first-order valence-electron chi connectivity index (χ1n) is 8.44. The van der Waals surface area contributed by atoms with Crippen LogP contribution in [0.3, 0.4) is 0 Å². The quantitative estimate of drug-likeness (QED) is 0.439. The van der Waals surface area contributed by atoms with Crippen LogP contribution in [0.25, 0.3) is 0 Å². The van der Waals surface area contributed by atoms with Gasteiger partial charge in [0.15, 0.2) is 0 Å². The van der Waals surface area contributed by atoms with Gasteiger partial charge in [-0.05, 0) is 31.4 Å². The van der Waals surface area contributed by atoms with Gasteiger partial charge in [0.2, 0.25) is 10.0 Å². The lowest BCUT2D eigenvalue weighted by Crippen LogP contribution is -2.40. The summed E-state index contributed by atoms with van der Waals surface area (Å²) in [4.78, 5) is 10.7. The number of nitro benzene ring substituents is 1. The van der Waals surface area contributed by atoms with Crippen LogP contribution in [0, 0.1) is 16.0 Å². The van der Waals surface area contributed by atoms with Crippen molar-refractivity contribution in [3.63, 3.8) is 0 Å². The predicted octanol–water partition coefficient (Wildman–Crippen LogP) is 2.45. The van der Waals surface area contributed by atoms with E-state index in [0.717, 1.165) is 18.2 Å². The molecule has 26 heavy (non-hydrogen) atoms. The Morgan fingerprint density at radius 2 is 2.08 bits per heavy atom. The molecule has 2 rings (SSSR count). The van der Waals surface area contributed by atoms with Crippen LogP contribution in [0.1, 0.15) is 27.2 Å². The molecular formula is C16H24N4O5S. The van der Waals surface area contributed by atoms with Gasteiger partial charge in [-0.1, -0.05) is 13.8 Å². The smallest absolute Gasteiger partial charge is 0.295 e. The molecule has 0 saturated carbocycles. The van der Waals surface area contributed by atoms with E-state index < -0.39 is 14.9 Å². The molecule has 10 heteroatoms. The second-order valence-corrected chi connectivity index (χ2v) is 8.06. The van der Waals surface area contributed by atoms with Crippen LogP contribution < -0.4 is 5.43 Å². The van der Waals surface area contributed by atoms with Crippen molar-refractivity contribution in [3.8, 4) is 0 Å². The highest BCUT2D eigenvalue weighted by atomic mass is 32.2. The summed E-state index contributed by atoms with van der Waals surface area (Å²) in [5.41, 5.74) is 3.32. The molecule has 144 valence electrons. The van der Waals surface area contributed by atoms with Crippen LogP contribution in [0.5, 0.6) is 0 Å². The Morgan fingerprint density at radius 3 is 2.65 bits per heavy atom. The van der Waals surface area contributed by atoms with Gasteiger partial charge in [-0.2, -0.15) is 9.41 Å². The highest BCUT2D eigenvalue weighted by Gasteiger charge is 2.28. The zero-order valence-electron chi connectivity index (χ0n) is 15.1. The van der Waals surface area contributed by atoms with Gasteiger partial charge < -0.3 is 4.74 Å². The van der Waals surface area contributed by atoms with Gasteiger partial charge in [0.05, 0.1) is 23.0 Å². The monoisotopic (exact) mass is 384 g/mol. The minimum Gasteiger partial charge on any atom is -0.379 e. The van der Waals surface area contributed by atoms with Crippen molar-refractivity contribution >= 4 is 27.1 Å². The number of rotatable bonds is 7. The van der Waals surface area contributed by atoms with E-state index in [9.17, 15) is 18.5 Å². The third-order valence-corrected chi connectivity index (χ3v) is 6.35. The normalized spacial score (nSPS) is 17.7. The number of ether oxygens (including phenoxy) is 1. The zero-order valence-corrected chi connectivity index (χ0v) is 16.0. The Labute approximate surface area is 153 Å². The topological polar surface area (TPSA) is 114 Å². The van der Waals surface area contributed by atoms with E-state index in [1.807, 2.05) is 20.8 Å². The number of nitro groups is 1. The number of nitrogens with zero attached hydrogens (tertiary/aromatic N) is 3. The summed E-state index contributed by atoms with van der Waals surface area (Å²) in [5, 5.41) is 15.6. The first-order chi connectivity index (χ1) is 12.3. The van der Waals surface area contributed by atoms with Crippen molar-refractivity contribution in [3.05, 3.63) is 28.3 Å². The average molecular weight is 384 g/mol. The average Bonchev–Trinajstić information content (AvgIpc) is 2.65.